The first-order chi connectivity index (χ1) is 30.2. The molecule has 312 valence electrons. The smallest absolute Gasteiger partial charge is 0.146 e. The van der Waals surface area contributed by atoms with Gasteiger partial charge in [0.25, 0.3) is 0 Å². The third kappa shape index (κ3) is 7.74. The number of ether oxygens (including phenoxy) is 2. The highest BCUT2D eigenvalue weighted by molar-refractivity contribution is 5.66. The minimum absolute atomic E-state index is 0.124. The lowest BCUT2D eigenvalue weighted by atomic mass is 9.80. The molecule has 2 aromatic heterocycles. The van der Waals surface area contributed by atoms with Crippen molar-refractivity contribution in [3.63, 3.8) is 0 Å². The van der Waals surface area contributed by atoms with Crippen LogP contribution in [0.15, 0.2) is 133 Å². The second-order valence-corrected chi connectivity index (χ2v) is 18.0. The van der Waals surface area contributed by atoms with E-state index >= 15 is 0 Å². The van der Waals surface area contributed by atoms with Crippen LogP contribution in [-0.4, -0.2) is 9.97 Å². The van der Waals surface area contributed by atoms with Gasteiger partial charge in [0.1, 0.15) is 35.0 Å². The lowest BCUT2D eigenvalue weighted by Gasteiger charge is -2.32. The Kier molecular flexibility index (Phi) is 11.9. The third-order valence-electron chi connectivity index (χ3n) is 14.1. The third-order valence-corrected chi connectivity index (χ3v) is 14.1. The van der Waals surface area contributed by atoms with E-state index in [1.807, 2.05) is 0 Å². The number of hydrogen-bond acceptors (Lipinski definition) is 5. The fraction of sp³-hybridized carbons (Fsp3) is 0.393. The van der Waals surface area contributed by atoms with Crippen LogP contribution in [0.2, 0.25) is 0 Å². The van der Waals surface area contributed by atoms with Crippen LogP contribution >= 0.6 is 0 Å². The molecule has 0 spiro atoms. The average molecular weight is 808 g/mol. The van der Waals surface area contributed by atoms with Gasteiger partial charge >= 0.3 is 0 Å². The first-order valence-electron chi connectivity index (χ1n) is 23.7. The monoisotopic (exact) mass is 807 g/mol. The van der Waals surface area contributed by atoms with E-state index in [1.54, 1.807) is 0 Å². The average Bonchev–Trinajstić information content (AvgIpc) is 3.81. The van der Waals surface area contributed by atoms with Crippen molar-refractivity contribution >= 4 is 11.6 Å². The fourth-order valence-corrected chi connectivity index (χ4v) is 10.9. The molecule has 4 aliphatic heterocycles. The highest BCUT2D eigenvalue weighted by Crippen LogP contribution is 2.55. The zero-order valence-corrected chi connectivity index (χ0v) is 35.8. The van der Waals surface area contributed by atoms with Crippen LogP contribution in [0, 0.1) is 0 Å². The van der Waals surface area contributed by atoms with Crippen molar-refractivity contribution in [2.24, 2.45) is 0 Å². The Morgan fingerprint density at radius 2 is 0.705 bits per heavy atom. The standard InChI is InChI=1S/C56H61N3O2/c1-3-7-15-27-41-39-47-51(49(37-25-9-5-1)60-55(47,43-29-17-11-18-30-43)44-31-19-12-20-32-44)57-53(41)59-54-42-28-16-8-4-2-6-10-26-38-50-52(58-54)48(40-42)56(61-50,45-33-21-13-22-34-45)46-35-23-14-24-36-46/h11-14,17-24,29-36,39-40,49-50H,1-10,15-16,25-28,37-38H2,(H,57,58,59). The molecule has 6 aromatic rings. The number of anilines is 2. The van der Waals surface area contributed by atoms with E-state index in [0.29, 0.717) is 0 Å². The summed E-state index contributed by atoms with van der Waals surface area (Å²) < 4.78 is 15.0. The molecule has 0 amide bonds. The fourth-order valence-electron chi connectivity index (χ4n) is 10.9. The molecule has 6 heterocycles. The molecule has 8 bridgehead atoms. The molecule has 2 unspecified atom stereocenters. The van der Waals surface area contributed by atoms with Crippen molar-refractivity contribution in [1.82, 2.24) is 9.97 Å². The molecule has 4 aromatic carbocycles. The van der Waals surface area contributed by atoms with Gasteiger partial charge in [-0.2, -0.15) is 0 Å². The van der Waals surface area contributed by atoms with Gasteiger partial charge in [-0.3, -0.25) is 0 Å². The van der Waals surface area contributed by atoms with Crippen LogP contribution in [0.4, 0.5) is 11.6 Å². The quantitative estimate of drug-likeness (QED) is 0.182. The van der Waals surface area contributed by atoms with E-state index in [1.165, 1.54) is 86.5 Å². The lowest BCUT2D eigenvalue weighted by Crippen LogP contribution is -2.29. The molecule has 6 aliphatic rings. The van der Waals surface area contributed by atoms with Gasteiger partial charge in [-0.25, -0.2) is 9.97 Å². The van der Waals surface area contributed by atoms with Crippen LogP contribution in [0.25, 0.3) is 0 Å². The van der Waals surface area contributed by atoms with Gasteiger partial charge in [0.15, 0.2) is 0 Å². The minimum atomic E-state index is -0.742. The van der Waals surface area contributed by atoms with Crippen molar-refractivity contribution in [3.8, 4) is 0 Å². The summed E-state index contributed by atoms with van der Waals surface area (Å²) in [4.78, 5) is 11.5. The maximum absolute atomic E-state index is 7.52. The molecular weight excluding hydrogens is 747 g/mol. The Balaban J connectivity index is 1.15. The number of nitrogens with zero attached hydrogens (tertiary/aromatic N) is 2. The number of fused-ring (bicyclic) bond motifs is 18. The van der Waals surface area contributed by atoms with Crippen LogP contribution in [-0.2, 0) is 33.5 Å². The molecule has 0 saturated carbocycles. The van der Waals surface area contributed by atoms with Crippen molar-refractivity contribution in [1.29, 1.82) is 0 Å². The predicted octanol–water partition coefficient (Wildman–Crippen LogP) is 14.3. The van der Waals surface area contributed by atoms with Crippen molar-refractivity contribution in [2.75, 3.05) is 5.32 Å². The van der Waals surface area contributed by atoms with E-state index in [2.05, 4.69) is 139 Å². The zero-order chi connectivity index (χ0) is 40.9. The van der Waals surface area contributed by atoms with Gasteiger partial charge in [0, 0.05) is 11.1 Å². The van der Waals surface area contributed by atoms with Crippen molar-refractivity contribution < 1.29 is 9.47 Å². The van der Waals surface area contributed by atoms with Crippen LogP contribution in [0.3, 0.4) is 0 Å². The highest BCUT2D eigenvalue weighted by Gasteiger charge is 2.51. The van der Waals surface area contributed by atoms with E-state index in [9.17, 15) is 0 Å². The maximum atomic E-state index is 7.52. The first-order valence-corrected chi connectivity index (χ1v) is 23.7. The SMILES string of the molecule is c1ccc(C2(c3ccccc3)OC3CCCCCCCCCc4cc2c3nc4Nc2nc3c4cc2CCCCCCCCCC3OC4(c2ccccc2)c2ccccc2)cc1. The van der Waals surface area contributed by atoms with Gasteiger partial charge in [-0.1, -0.05) is 198 Å². The molecule has 0 fully saturated rings. The molecule has 12 rings (SSSR count). The number of rotatable bonds is 6. The second-order valence-electron chi connectivity index (χ2n) is 18.0. The zero-order valence-electron chi connectivity index (χ0n) is 35.8. The summed E-state index contributed by atoms with van der Waals surface area (Å²) in [6.45, 7) is 0. The summed E-state index contributed by atoms with van der Waals surface area (Å²) in [7, 11) is 0. The Bertz CT molecular complexity index is 2130. The summed E-state index contributed by atoms with van der Waals surface area (Å²) in [5, 5.41) is 4.02. The normalized spacial score (nSPS) is 21.4. The number of benzene rings is 4. The lowest BCUT2D eigenvalue weighted by molar-refractivity contribution is -0.0285. The summed E-state index contributed by atoms with van der Waals surface area (Å²) in [5.74, 6) is 1.87. The van der Waals surface area contributed by atoms with Crippen LogP contribution < -0.4 is 5.32 Å². The van der Waals surface area contributed by atoms with Crippen molar-refractivity contribution in [2.45, 2.75) is 139 Å². The highest BCUT2D eigenvalue weighted by atomic mass is 16.5. The van der Waals surface area contributed by atoms with Crippen LogP contribution in [0.5, 0.6) is 0 Å². The van der Waals surface area contributed by atoms with Gasteiger partial charge in [-0.05, 0) is 84.0 Å². The molecule has 5 heteroatoms. The molecular formula is C56H61N3O2. The van der Waals surface area contributed by atoms with Gasteiger partial charge in [0.2, 0.25) is 0 Å². The first kappa shape index (κ1) is 40.0. The van der Waals surface area contributed by atoms with Gasteiger partial charge < -0.3 is 14.8 Å². The Labute approximate surface area is 363 Å². The number of nitrogens with one attached hydrogen (secondary N) is 1. The number of aromatic nitrogens is 2. The van der Waals surface area contributed by atoms with E-state index < -0.39 is 11.2 Å². The largest absolute Gasteiger partial charge is 0.351 e. The Morgan fingerprint density at radius 1 is 0.393 bits per heavy atom. The minimum Gasteiger partial charge on any atom is -0.351 e. The summed E-state index contributed by atoms with van der Waals surface area (Å²) in [5.41, 5.74) is 10.1. The number of aryl methyl sites for hydroxylation is 2. The van der Waals surface area contributed by atoms with Gasteiger partial charge in [0.05, 0.1) is 11.4 Å². The molecule has 1 N–H and O–H groups in total. The predicted molar refractivity (Wildman–Crippen MR) is 246 cm³/mol. The van der Waals surface area contributed by atoms with Crippen molar-refractivity contribution in [3.05, 3.63) is 189 Å². The molecule has 2 aliphatic carbocycles. The Morgan fingerprint density at radius 3 is 1.05 bits per heavy atom. The summed E-state index contributed by atoms with van der Waals surface area (Å²) in [6.07, 6.45) is 20.7. The maximum Gasteiger partial charge on any atom is 0.146 e. The molecule has 5 nitrogen and oxygen atoms in total. The van der Waals surface area contributed by atoms with E-state index in [-0.39, 0.29) is 12.2 Å². The van der Waals surface area contributed by atoms with E-state index in [4.69, 9.17) is 19.4 Å². The molecule has 2 atom stereocenters. The van der Waals surface area contributed by atoms with Crippen LogP contribution in [0.1, 0.15) is 171 Å². The topological polar surface area (TPSA) is 56.3 Å². The molecule has 61 heavy (non-hydrogen) atoms. The number of pyridine rings is 2. The number of hydrogen-bond donors (Lipinski definition) is 1. The second kappa shape index (κ2) is 18.1. The van der Waals surface area contributed by atoms with E-state index in [0.717, 1.165) is 96.6 Å². The van der Waals surface area contributed by atoms with Gasteiger partial charge in [-0.15, -0.1) is 0 Å². The molecule has 0 radical (unpaired) electrons. The molecule has 0 saturated heterocycles. The summed E-state index contributed by atoms with van der Waals surface area (Å²) in [6, 6.07) is 48.4. The summed E-state index contributed by atoms with van der Waals surface area (Å²) >= 11 is 0. The Hall–Kier alpha value is -5.10.